The van der Waals surface area contributed by atoms with Crippen LogP contribution in [0.15, 0.2) is 72.6 Å². The van der Waals surface area contributed by atoms with Gasteiger partial charge in [-0.2, -0.15) is 0 Å². The van der Waals surface area contributed by atoms with Gasteiger partial charge in [0.2, 0.25) is 0 Å². The van der Waals surface area contributed by atoms with Gasteiger partial charge in [-0.1, -0.05) is 143 Å². The second-order valence-corrected chi connectivity index (χ2v) is 19.7. The first-order valence-electron chi connectivity index (χ1n) is 19.0. The van der Waals surface area contributed by atoms with Crippen LogP contribution in [-0.4, -0.2) is 23.9 Å². The minimum Gasteiger partial charge on any atom is -0.512 e. The molecule has 1 aliphatic carbocycles. The van der Waals surface area contributed by atoms with Crippen molar-refractivity contribution in [1.82, 2.24) is 4.98 Å². The van der Waals surface area contributed by atoms with Crippen LogP contribution in [0.1, 0.15) is 115 Å². The van der Waals surface area contributed by atoms with Crippen LogP contribution in [-0.2, 0) is 30.3 Å². The van der Waals surface area contributed by atoms with E-state index in [1.165, 1.54) is 75.3 Å². The number of allylic oxidation sites excluding steroid dienone is 2. The van der Waals surface area contributed by atoms with Gasteiger partial charge in [0.15, 0.2) is 5.78 Å². The second-order valence-electron chi connectivity index (χ2n) is 15.5. The molecule has 3 nitrogen and oxygen atoms in total. The summed E-state index contributed by atoms with van der Waals surface area (Å²) in [6, 6.07) is 27.0. The summed E-state index contributed by atoms with van der Waals surface area (Å²) < 4.78 is 0. The average molecular weight is 873 g/mol. The molecule has 1 N–H and O–H groups in total. The number of aliphatic hydroxyl groups is 1. The molecule has 1 spiro atoms. The fourth-order valence-corrected chi connectivity index (χ4v) is 14.3. The molecule has 4 aromatic rings. The Labute approximate surface area is 320 Å². The van der Waals surface area contributed by atoms with Gasteiger partial charge >= 0.3 is 0 Å². The Balaban J connectivity index is 0.000000271. The molecule has 5 heteroatoms. The monoisotopic (exact) mass is 873 g/mol. The fourth-order valence-electron chi connectivity index (χ4n) is 8.50. The van der Waals surface area contributed by atoms with Crippen LogP contribution in [0.5, 0.6) is 0 Å². The maximum absolute atomic E-state index is 11.7. The third-order valence-electron chi connectivity index (χ3n) is 11.5. The van der Waals surface area contributed by atoms with Crippen LogP contribution in [0.4, 0.5) is 0 Å². The van der Waals surface area contributed by atoms with Crippen molar-refractivity contribution in [1.29, 1.82) is 0 Å². The van der Waals surface area contributed by atoms with Gasteiger partial charge in [0.05, 0.1) is 5.76 Å². The van der Waals surface area contributed by atoms with Gasteiger partial charge in [0, 0.05) is 49.9 Å². The van der Waals surface area contributed by atoms with Crippen molar-refractivity contribution in [3.63, 3.8) is 0 Å². The van der Waals surface area contributed by atoms with E-state index in [4.69, 9.17) is 4.98 Å². The fraction of sp³-hybridized carbons (Fsp3) is 0.391. The number of ketones is 1. The number of aromatic nitrogens is 1. The Bertz CT molecular complexity index is 1970. The largest absolute Gasteiger partial charge is 0.512 e. The van der Waals surface area contributed by atoms with Gasteiger partial charge < -0.3 is 5.11 Å². The molecule has 3 heterocycles. The van der Waals surface area contributed by atoms with Crippen LogP contribution in [0, 0.1) is 17.9 Å². The van der Waals surface area contributed by atoms with E-state index in [1.54, 1.807) is 10.4 Å². The molecular formula is C46H54IrNO2Si-. The molecule has 1 radical (unpaired) electrons. The number of hydrogen-bond acceptors (Lipinski definition) is 3. The van der Waals surface area contributed by atoms with E-state index in [2.05, 4.69) is 99.7 Å². The molecule has 0 bridgehead atoms. The van der Waals surface area contributed by atoms with E-state index in [9.17, 15) is 9.90 Å². The number of aliphatic hydroxyl groups excluding tert-OH is 1. The summed E-state index contributed by atoms with van der Waals surface area (Å²) >= 11 is 0. The SMILES string of the molecule is CC(C)(C)c1ccc(C2=Cc3ccnc(-c4[c-]c5cccc6c5c(c4)C=C6)c3[Si]23CCCC3)cc1.CCC(CC)C(=O)/C=C(\O)C(CC)CC.[Ir]. The Morgan fingerprint density at radius 3 is 2.16 bits per heavy atom. The van der Waals surface area contributed by atoms with Crippen molar-refractivity contribution in [2.24, 2.45) is 11.8 Å². The minimum atomic E-state index is -1.87. The molecule has 3 aromatic carbocycles. The summed E-state index contributed by atoms with van der Waals surface area (Å²) in [5.74, 6) is 0.547. The molecule has 7 rings (SSSR count). The second kappa shape index (κ2) is 16.1. The normalized spacial score (nSPS) is 15.6. The maximum Gasteiger partial charge on any atom is 0.162 e. The van der Waals surface area contributed by atoms with E-state index >= 15 is 0 Å². The summed E-state index contributed by atoms with van der Waals surface area (Å²) in [5, 5.41) is 15.5. The Morgan fingerprint density at radius 1 is 0.882 bits per heavy atom. The van der Waals surface area contributed by atoms with E-state index < -0.39 is 8.07 Å². The van der Waals surface area contributed by atoms with Crippen LogP contribution < -0.4 is 5.19 Å². The number of carbonyl (C=O) groups excluding carboxylic acids is 1. The molecule has 269 valence electrons. The molecule has 0 amide bonds. The molecule has 1 saturated heterocycles. The zero-order valence-corrected chi connectivity index (χ0v) is 34.9. The molecule has 1 aromatic heterocycles. The van der Waals surface area contributed by atoms with Gasteiger partial charge in [-0.3, -0.25) is 9.78 Å². The van der Waals surface area contributed by atoms with Crippen molar-refractivity contribution >= 4 is 53.2 Å². The molecule has 1 fully saturated rings. The molecule has 0 unspecified atom stereocenters. The number of rotatable bonds is 9. The summed E-state index contributed by atoms with van der Waals surface area (Å²) in [7, 11) is -1.87. The Morgan fingerprint density at radius 2 is 1.53 bits per heavy atom. The minimum absolute atomic E-state index is 0. The number of hydrogen-bond donors (Lipinski definition) is 1. The van der Waals surface area contributed by atoms with Gasteiger partial charge in [0.25, 0.3) is 0 Å². The van der Waals surface area contributed by atoms with Crippen molar-refractivity contribution < 1.29 is 30.0 Å². The Kier molecular flexibility index (Phi) is 12.3. The molecular weight excluding hydrogens is 819 g/mol. The predicted molar refractivity (Wildman–Crippen MR) is 216 cm³/mol. The standard InChI is InChI=1S/C33H30NSi.C13H24O2.Ir/c1-33(2,3)28-13-11-22(12-14-28)29-21-26-15-16-34-31(32(26)35(29)17-4-5-18-35)27-19-24-8-6-7-23-9-10-25(20-27)30(23)24;1-5-10(6-2)12(14)9-13(15)11(7-3)8-4;/h6-16,20-21H,4-5,17-18H2,1-3H3;9-11,14H,5-8H2,1-4H3;/q-1;;/b;12-9-;. The third-order valence-corrected chi connectivity index (χ3v) is 16.9. The van der Waals surface area contributed by atoms with Gasteiger partial charge in [-0.15, -0.1) is 23.6 Å². The van der Waals surface area contributed by atoms with Crippen molar-refractivity contribution in [3.05, 3.63) is 107 Å². The zero-order chi connectivity index (χ0) is 35.6. The average Bonchev–Trinajstić information content (AvgIpc) is 3.85. The quantitative estimate of drug-likeness (QED) is 0.0695. The predicted octanol–water partition coefficient (Wildman–Crippen LogP) is 11.9. The van der Waals surface area contributed by atoms with E-state index in [0.29, 0.717) is 0 Å². The van der Waals surface area contributed by atoms with Gasteiger partial charge in [-0.25, -0.2) is 0 Å². The maximum atomic E-state index is 11.7. The summed E-state index contributed by atoms with van der Waals surface area (Å²) in [6.07, 6.45) is 16.6. The van der Waals surface area contributed by atoms with Crippen molar-refractivity contribution in [3.8, 4) is 11.3 Å². The molecule has 2 aliphatic heterocycles. The number of fused-ring (bicyclic) bond motifs is 2. The van der Waals surface area contributed by atoms with Crippen molar-refractivity contribution in [2.75, 3.05) is 0 Å². The van der Waals surface area contributed by atoms with Crippen LogP contribution in [0.25, 0.3) is 45.5 Å². The zero-order valence-electron chi connectivity index (χ0n) is 31.5. The summed E-state index contributed by atoms with van der Waals surface area (Å²) in [6.45, 7) is 15.0. The van der Waals surface area contributed by atoms with Crippen LogP contribution >= 0.6 is 0 Å². The number of nitrogens with zero attached hydrogens (tertiary/aromatic N) is 1. The molecule has 0 atom stereocenters. The summed E-state index contributed by atoms with van der Waals surface area (Å²) in [4.78, 5) is 16.8. The van der Waals surface area contributed by atoms with Gasteiger partial charge in [0.1, 0.15) is 8.07 Å². The van der Waals surface area contributed by atoms with Crippen LogP contribution in [0.2, 0.25) is 12.1 Å². The topological polar surface area (TPSA) is 50.2 Å². The Hall–Kier alpha value is -3.37. The molecule has 51 heavy (non-hydrogen) atoms. The van der Waals surface area contributed by atoms with E-state index in [1.807, 2.05) is 33.9 Å². The van der Waals surface area contributed by atoms with Crippen LogP contribution in [0.3, 0.4) is 0 Å². The number of pyridine rings is 1. The van der Waals surface area contributed by atoms with Crippen molar-refractivity contribution in [2.45, 2.75) is 104 Å². The first-order chi connectivity index (χ1) is 24.0. The van der Waals surface area contributed by atoms with E-state index in [-0.39, 0.29) is 48.9 Å². The molecule has 0 saturated carbocycles. The molecule has 3 aliphatic rings. The number of benzene rings is 3. The first kappa shape index (κ1) is 38.8. The summed E-state index contributed by atoms with van der Waals surface area (Å²) in [5.41, 5.74) is 9.33. The first-order valence-corrected chi connectivity index (χ1v) is 21.4. The van der Waals surface area contributed by atoms with E-state index in [0.717, 1.165) is 31.2 Å². The van der Waals surface area contributed by atoms with Gasteiger partial charge in [-0.05, 0) is 71.1 Å². The smallest absolute Gasteiger partial charge is 0.162 e. The number of carbonyl (C=O) groups is 1. The third kappa shape index (κ3) is 7.59.